The molecule has 0 spiro atoms. The lowest BCUT2D eigenvalue weighted by Crippen LogP contribution is -2.35. The normalized spacial score (nSPS) is 24.2. The maximum atomic E-state index is 12.5. The van der Waals surface area contributed by atoms with E-state index in [0.29, 0.717) is 24.3 Å². The van der Waals surface area contributed by atoms with Crippen LogP contribution in [-0.2, 0) is 4.79 Å². The van der Waals surface area contributed by atoms with Crippen LogP contribution < -0.4 is 10.6 Å². The minimum atomic E-state index is 0.116. The average Bonchev–Trinajstić information content (AvgIpc) is 3.10. The van der Waals surface area contributed by atoms with Crippen molar-refractivity contribution in [3.8, 4) is 0 Å². The van der Waals surface area contributed by atoms with Gasteiger partial charge in [0.2, 0.25) is 5.91 Å². The van der Waals surface area contributed by atoms with E-state index in [1.54, 1.807) is 6.20 Å². The molecule has 140 valence electrons. The maximum absolute atomic E-state index is 12.5. The molecule has 0 aromatic carbocycles. The van der Waals surface area contributed by atoms with Gasteiger partial charge in [0, 0.05) is 25.6 Å². The predicted molar refractivity (Wildman–Crippen MR) is 101 cm³/mol. The Kier molecular flexibility index (Phi) is 6.48. The van der Waals surface area contributed by atoms with Crippen molar-refractivity contribution in [1.82, 2.24) is 20.0 Å². The first kappa shape index (κ1) is 18.4. The molecule has 0 radical (unpaired) electrons. The summed E-state index contributed by atoms with van der Waals surface area (Å²) in [6, 6.07) is 2.32. The fraction of sp³-hybridized carbons (Fsp3) is 0.789. The predicted octanol–water partition coefficient (Wildman–Crippen LogP) is 2.50. The molecule has 2 aliphatic rings. The van der Waals surface area contributed by atoms with Crippen LogP contribution in [0.1, 0.15) is 52.0 Å². The van der Waals surface area contributed by atoms with E-state index in [0.717, 1.165) is 51.4 Å². The van der Waals surface area contributed by atoms with E-state index in [-0.39, 0.29) is 5.91 Å². The molecule has 25 heavy (non-hydrogen) atoms. The summed E-state index contributed by atoms with van der Waals surface area (Å²) < 4.78 is 2.03. The van der Waals surface area contributed by atoms with Crippen molar-refractivity contribution < 1.29 is 4.79 Å². The molecule has 3 rings (SSSR count). The Morgan fingerprint density at radius 3 is 2.88 bits per heavy atom. The zero-order valence-electron chi connectivity index (χ0n) is 15.7. The standard InChI is InChI=1S/C19H33N5O/c1-3-23-11-7-17(8-12-23)24-18(6-10-21-24)22-19(25)13-15(2)16-5-4-9-20-14-16/h6,10,15-17,20H,3-5,7-9,11-14H2,1-2H3,(H,22,25). The second kappa shape index (κ2) is 8.81. The van der Waals surface area contributed by atoms with E-state index in [4.69, 9.17) is 0 Å². The minimum absolute atomic E-state index is 0.116. The van der Waals surface area contributed by atoms with Gasteiger partial charge in [-0.25, -0.2) is 4.68 Å². The summed E-state index contributed by atoms with van der Waals surface area (Å²) in [7, 11) is 0. The maximum Gasteiger partial charge on any atom is 0.225 e. The fourth-order valence-electron chi connectivity index (χ4n) is 4.20. The summed E-state index contributed by atoms with van der Waals surface area (Å²) in [6.07, 6.45) is 7.04. The quantitative estimate of drug-likeness (QED) is 0.830. The van der Waals surface area contributed by atoms with Crippen LogP contribution in [0.2, 0.25) is 0 Å². The Bertz CT molecular complexity index is 544. The topological polar surface area (TPSA) is 62.2 Å². The first-order valence-electron chi connectivity index (χ1n) is 9.93. The lowest BCUT2D eigenvalue weighted by molar-refractivity contribution is -0.117. The zero-order chi connectivity index (χ0) is 17.6. The fourth-order valence-corrected chi connectivity index (χ4v) is 4.20. The molecular formula is C19H33N5O. The second-order valence-corrected chi connectivity index (χ2v) is 7.66. The number of hydrogen-bond donors (Lipinski definition) is 2. The molecule has 0 saturated carbocycles. The van der Waals surface area contributed by atoms with Crippen LogP contribution in [0.5, 0.6) is 0 Å². The van der Waals surface area contributed by atoms with Crippen molar-refractivity contribution in [3.05, 3.63) is 12.3 Å². The highest BCUT2D eigenvalue weighted by atomic mass is 16.1. The van der Waals surface area contributed by atoms with Gasteiger partial charge in [0.25, 0.3) is 0 Å². The third-order valence-corrected chi connectivity index (χ3v) is 5.94. The van der Waals surface area contributed by atoms with Gasteiger partial charge in [0.15, 0.2) is 0 Å². The molecule has 1 amide bonds. The summed E-state index contributed by atoms with van der Waals surface area (Å²) in [5, 5.41) is 11.0. The number of likely N-dealkylation sites (tertiary alicyclic amines) is 1. The van der Waals surface area contributed by atoms with Gasteiger partial charge >= 0.3 is 0 Å². The van der Waals surface area contributed by atoms with E-state index in [1.165, 1.54) is 12.8 Å². The van der Waals surface area contributed by atoms with Crippen LogP contribution in [0.4, 0.5) is 5.82 Å². The van der Waals surface area contributed by atoms with Gasteiger partial charge in [-0.15, -0.1) is 0 Å². The number of piperidine rings is 2. The molecule has 2 fully saturated rings. The van der Waals surface area contributed by atoms with Crippen LogP contribution >= 0.6 is 0 Å². The average molecular weight is 348 g/mol. The van der Waals surface area contributed by atoms with Gasteiger partial charge in [0.1, 0.15) is 5.82 Å². The number of rotatable bonds is 6. The third kappa shape index (κ3) is 4.82. The Morgan fingerprint density at radius 1 is 1.40 bits per heavy atom. The first-order chi connectivity index (χ1) is 12.2. The van der Waals surface area contributed by atoms with Crippen molar-refractivity contribution in [1.29, 1.82) is 0 Å². The van der Waals surface area contributed by atoms with E-state index in [2.05, 4.69) is 34.5 Å². The lowest BCUT2D eigenvalue weighted by Gasteiger charge is -2.32. The number of nitrogens with zero attached hydrogens (tertiary/aromatic N) is 3. The molecule has 3 heterocycles. The molecular weight excluding hydrogens is 314 g/mol. The summed E-state index contributed by atoms with van der Waals surface area (Å²) in [5.41, 5.74) is 0. The van der Waals surface area contributed by atoms with Crippen molar-refractivity contribution in [2.24, 2.45) is 11.8 Å². The number of amides is 1. The smallest absolute Gasteiger partial charge is 0.225 e. The van der Waals surface area contributed by atoms with Crippen molar-refractivity contribution in [3.63, 3.8) is 0 Å². The summed E-state index contributed by atoms with van der Waals surface area (Å²) in [4.78, 5) is 15.0. The van der Waals surface area contributed by atoms with Gasteiger partial charge < -0.3 is 15.5 Å². The Labute approximate surface area is 151 Å². The zero-order valence-corrected chi connectivity index (χ0v) is 15.7. The van der Waals surface area contributed by atoms with Crippen LogP contribution in [0, 0.1) is 11.8 Å². The molecule has 6 heteroatoms. The van der Waals surface area contributed by atoms with E-state index < -0.39 is 0 Å². The third-order valence-electron chi connectivity index (χ3n) is 5.94. The number of carbonyl (C=O) groups is 1. The van der Waals surface area contributed by atoms with Gasteiger partial charge in [-0.3, -0.25) is 4.79 Å². The molecule has 2 N–H and O–H groups in total. The molecule has 2 aliphatic heterocycles. The molecule has 6 nitrogen and oxygen atoms in total. The van der Waals surface area contributed by atoms with E-state index in [1.807, 2.05) is 10.7 Å². The number of hydrogen-bond acceptors (Lipinski definition) is 4. The second-order valence-electron chi connectivity index (χ2n) is 7.66. The number of carbonyl (C=O) groups excluding carboxylic acids is 1. The van der Waals surface area contributed by atoms with E-state index in [9.17, 15) is 4.79 Å². The Balaban J connectivity index is 1.53. The minimum Gasteiger partial charge on any atom is -0.316 e. The number of nitrogens with one attached hydrogen (secondary N) is 2. The van der Waals surface area contributed by atoms with Crippen molar-refractivity contribution >= 4 is 11.7 Å². The van der Waals surface area contributed by atoms with Gasteiger partial charge in [-0.1, -0.05) is 13.8 Å². The number of aromatic nitrogens is 2. The highest BCUT2D eigenvalue weighted by molar-refractivity contribution is 5.90. The van der Waals surface area contributed by atoms with E-state index >= 15 is 0 Å². The monoisotopic (exact) mass is 347 g/mol. The molecule has 2 atom stereocenters. The summed E-state index contributed by atoms with van der Waals surface area (Å²) in [5.74, 6) is 2.00. The molecule has 1 aromatic rings. The summed E-state index contributed by atoms with van der Waals surface area (Å²) in [6.45, 7) is 9.91. The highest BCUT2D eigenvalue weighted by Crippen LogP contribution is 2.26. The van der Waals surface area contributed by atoms with Crippen LogP contribution in [0.25, 0.3) is 0 Å². The van der Waals surface area contributed by atoms with Crippen LogP contribution in [0.3, 0.4) is 0 Å². The van der Waals surface area contributed by atoms with Crippen molar-refractivity contribution in [2.45, 2.75) is 52.0 Å². The molecule has 2 saturated heterocycles. The van der Waals surface area contributed by atoms with Gasteiger partial charge in [0.05, 0.1) is 12.2 Å². The highest BCUT2D eigenvalue weighted by Gasteiger charge is 2.24. The molecule has 0 aliphatic carbocycles. The Morgan fingerprint density at radius 2 is 2.20 bits per heavy atom. The van der Waals surface area contributed by atoms with Crippen LogP contribution in [-0.4, -0.2) is 53.3 Å². The van der Waals surface area contributed by atoms with Crippen molar-refractivity contribution in [2.75, 3.05) is 38.0 Å². The largest absolute Gasteiger partial charge is 0.316 e. The Hall–Kier alpha value is -1.40. The molecule has 1 aromatic heterocycles. The van der Waals surface area contributed by atoms with Gasteiger partial charge in [-0.2, -0.15) is 5.10 Å². The lowest BCUT2D eigenvalue weighted by atomic mass is 9.85. The summed E-state index contributed by atoms with van der Waals surface area (Å²) >= 11 is 0. The molecule has 0 bridgehead atoms. The van der Waals surface area contributed by atoms with Crippen LogP contribution in [0.15, 0.2) is 12.3 Å². The van der Waals surface area contributed by atoms with Gasteiger partial charge in [-0.05, 0) is 57.2 Å². The SMILES string of the molecule is CCN1CCC(n2nccc2NC(=O)CC(C)C2CCCNC2)CC1. The first-order valence-corrected chi connectivity index (χ1v) is 9.93. The number of anilines is 1. The molecule has 2 unspecified atom stereocenters.